The average Bonchev–Trinajstić information content (AvgIpc) is 2.47. The maximum atomic E-state index is 5.86. The van der Waals surface area contributed by atoms with Crippen LogP contribution in [0.3, 0.4) is 0 Å². The SMILES string of the molecule is CC(C)c1ncc2c(n1)CN(C[C@@H]1CCCCO1)CC2. The summed E-state index contributed by atoms with van der Waals surface area (Å²) in [6, 6.07) is 0. The topological polar surface area (TPSA) is 38.2 Å². The number of hydrogen-bond acceptors (Lipinski definition) is 4. The van der Waals surface area contributed by atoms with Crippen LogP contribution < -0.4 is 0 Å². The van der Waals surface area contributed by atoms with E-state index >= 15 is 0 Å². The fourth-order valence-corrected chi connectivity index (χ4v) is 3.05. The molecule has 1 saturated heterocycles. The molecule has 1 aromatic heterocycles. The first-order valence-electron chi connectivity index (χ1n) is 7.91. The van der Waals surface area contributed by atoms with Crippen molar-refractivity contribution in [3.8, 4) is 0 Å². The molecular weight excluding hydrogens is 250 g/mol. The van der Waals surface area contributed by atoms with Crippen LogP contribution in [0, 0.1) is 0 Å². The monoisotopic (exact) mass is 275 g/mol. The third kappa shape index (κ3) is 3.18. The van der Waals surface area contributed by atoms with E-state index in [0.29, 0.717) is 12.0 Å². The Labute approximate surface area is 121 Å². The van der Waals surface area contributed by atoms with Crippen LogP contribution in [0.4, 0.5) is 0 Å². The van der Waals surface area contributed by atoms with E-state index < -0.39 is 0 Å². The largest absolute Gasteiger partial charge is 0.377 e. The molecule has 3 heterocycles. The summed E-state index contributed by atoms with van der Waals surface area (Å²) in [5.41, 5.74) is 2.56. The Morgan fingerprint density at radius 3 is 3.05 bits per heavy atom. The minimum absolute atomic E-state index is 0.400. The lowest BCUT2D eigenvalue weighted by molar-refractivity contribution is -0.00829. The normalized spacial score (nSPS) is 23.9. The van der Waals surface area contributed by atoms with E-state index in [4.69, 9.17) is 9.72 Å². The molecule has 3 rings (SSSR count). The lowest BCUT2D eigenvalue weighted by Crippen LogP contribution is -2.39. The van der Waals surface area contributed by atoms with Gasteiger partial charge in [0.15, 0.2) is 0 Å². The number of nitrogens with zero attached hydrogens (tertiary/aromatic N) is 3. The van der Waals surface area contributed by atoms with Crippen LogP contribution in [0.1, 0.15) is 56.1 Å². The van der Waals surface area contributed by atoms with E-state index in [1.165, 1.54) is 30.5 Å². The van der Waals surface area contributed by atoms with Gasteiger partial charge in [-0.3, -0.25) is 4.90 Å². The number of aromatic nitrogens is 2. The van der Waals surface area contributed by atoms with Crippen molar-refractivity contribution in [1.82, 2.24) is 14.9 Å². The first-order chi connectivity index (χ1) is 9.72. The average molecular weight is 275 g/mol. The van der Waals surface area contributed by atoms with E-state index in [1.54, 1.807) is 0 Å². The van der Waals surface area contributed by atoms with Gasteiger partial charge in [-0.1, -0.05) is 13.8 Å². The molecular formula is C16H25N3O. The van der Waals surface area contributed by atoms with Gasteiger partial charge in [0.25, 0.3) is 0 Å². The lowest BCUT2D eigenvalue weighted by atomic mass is 10.0. The zero-order valence-electron chi connectivity index (χ0n) is 12.6. The highest BCUT2D eigenvalue weighted by Crippen LogP contribution is 2.21. The second-order valence-electron chi connectivity index (χ2n) is 6.33. The van der Waals surface area contributed by atoms with Crippen LogP contribution in [0.25, 0.3) is 0 Å². The molecule has 0 N–H and O–H groups in total. The molecule has 0 spiro atoms. The number of hydrogen-bond donors (Lipinski definition) is 0. The van der Waals surface area contributed by atoms with Gasteiger partial charge < -0.3 is 4.74 Å². The zero-order chi connectivity index (χ0) is 13.9. The van der Waals surface area contributed by atoms with Gasteiger partial charge in [-0.05, 0) is 31.2 Å². The molecule has 20 heavy (non-hydrogen) atoms. The molecule has 2 aliphatic rings. The summed E-state index contributed by atoms with van der Waals surface area (Å²) in [4.78, 5) is 11.7. The fourth-order valence-electron chi connectivity index (χ4n) is 3.05. The van der Waals surface area contributed by atoms with Crippen molar-refractivity contribution >= 4 is 0 Å². The van der Waals surface area contributed by atoms with Gasteiger partial charge in [-0.2, -0.15) is 0 Å². The van der Waals surface area contributed by atoms with E-state index in [2.05, 4.69) is 23.7 Å². The summed E-state index contributed by atoms with van der Waals surface area (Å²) in [5, 5.41) is 0. The van der Waals surface area contributed by atoms with Crippen molar-refractivity contribution in [1.29, 1.82) is 0 Å². The predicted octanol–water partition coefficient (Wildman–Crippen LogP) is 2.53. The van der Waals surface area contributed by atoms with Gasteiger partial charge in [-0.15, -0.1) is 0 Å². The molecule has 2 aliphatic heterocycles. The highest BCUT2D eigenvalue weighted by atomic mass is 16.5. The Bertz CT molecular complexity index is 455. The van der Waals surface area contributed by atoms with Crippen molar-refractivity contribution in [2.75, 3.05) is 19.7 Å². The first-order valence-corrected chi connectivity index (χ1v) is 7.91. The Hall–Kier alpha value is -1.00. The van der Waals surface area contributed by atoms with Crippen molar-refractivity contribution < 1.29 is 4.74 Å². The zero-order valence-corrected chi connectivity index (χ0v) is 12.6. The first kappa shape index (κ1) is 14.0. The third-order valence-electron chi connectivity index (χ3n) is 4.30. The molecule has 4 heteroatoms. The molecule has 0 amide bonds. The van der Waals surface area contributed by atoms with Crippen LogP contribution in [0.5, 0.6) is 0 Å². The van der Waals surface area contributed by atoms with Gasteiger partial charge in [0.2, 0.25) is 0 Å². The second-order valence-corrected chi connectivity index (χ2v) is 6.33. The quantitative estimate of drug-likeness (QED) is 0.849. The Morgan fingerprint density at radius 2 is 2.30 bits per heavy atom. The maximum absolute atomic E-state index is 5.86. The van der Waals surface area contributed by atoms with Crippen molar-refractivity contribution in [3.05, 3.63) is 23.3 Å². The second kappa shape index (κ2) is 6.19. The molecule has 0 unspecified atom stereocenters. The number of ether oxygens (including phenoxy) is 1. The summed E-state index contributed by atoms with van der Waals surface area (Å²) in [5.74, 6) is 1.37. The summed E-state index contributed by atoms with van der Waals surface area (Å²) >= 11 is 0. The lowest BCUT2D eigenvalue weighted by Gasteiger charge is -2.32. The van der Waals surface area contributed by atoms with E-state index in [1.807, 2.05) is 6.20 Å². The molecule has 1 atom stereocenters. The molecule has 0 aromatic carbocycles. The Morgan fingerprint density at radius 1 is 1.40 bits per heavy atom. The predicted molar refractivity (Wildman–Crippen MR) is 78.7 cm³/mol. The molecule has 1 aromatic rings. The van der Waals surface area contributed by atoms with E-state index in [9.17, 15) is 0 Å². The Balaban J connectivity index is 1.65. The van der Waals surface area contributed by atoms with Crippen LogP contribution >= 0.6 is 0 Å². The molecule has 0 bridgehead atoms. The van der Waals surface area contributed by atoms with Crippen LogP contribution in [-0.2, 0) is 17.7 Å². The summed E-state index contributed by atoms with van der Waals surface area (Å²) in [7, 11) is 0. The van der Waals surface area contributed by atoms with Crippen molar-refractivity contribution in [3.63, 3.8) is 0 Å². The Kier molecular flexibility index (Phi) is 4.32. The summed E-state index contributed by atoms with van der Waals surface area (Å²) in [6.07, 6.45) is 7.28. The van der Waals surface area contributed by atoms with E-state index in [0.717, 1.165) is 38.5 Å². The standard InChI is InChI=1S/C16H25N3O/c1-12(2)16-17-9-13-6-7-19(11-15(13)18-16)10-14-5-3-4-8-20-14/h9,12,14H,3-8,10-11H2,1-2H3/t14-/m0/s1. The number of rotatable bonds is 3. The van der Waals surface area contributed by atoms with Crippen LogP contribution in [-0.4, -0.2) is 40.7 Å². The maximum Gasteiger partial charge on any atom is 0.131 e. The number of fused-ring (bicyclic) bond motifs is 1. The van der Waals surface area contributed by atoms with Gasteiger partial charge in [0, 0.05) is 38.4 Å². The minimum Gasteiger partial charge on any atom is -0.377 e. The fraction of sp³-hybridized carbons (Fsp3) is 0.750. The molecule has 0 saturated carbocycles. The summed E-state index contributed by atoms with van der Waals surface area (Å²) < 4.78 is 5.86. The molecule has 1 fully saturated rings. The van der Waals surface area contributed by atoms with Gasteiger partial charge in [0.05, 0.1) is 11.8 Å². The van der Waals surface area contributed by atoms with Gasteiger partial charge in [-0.25, -0.2) is 9.97 Å². The minimum atomic E-state index is 0.400. The molecule has 4 nitrogen and oxygen atoms in total. The summed E-state index contributed by atoms with van der Waals surface area (Å²) in [6.45, 7) is 8.36. The van der Waals surface area contributed by atoms with Crippen molar-refractivity contribution in [2.24, 2.45) is 0 Å². The van der Waals surface area contributed by atoms with Gasteiger partial charge in [0.1, 0.15) is 5.82 Å². The van der Waals surface area contributed by atoms with E-state index in [-0.39, 0.29) is 0 Å². The molecule has 0 aliphatic carbocycles. The van der Waals surface area contributed by atoms with Crippen molar-refractivity contribution in [2.45, 2.75) is 58.1 Å². The van der Waals surface area contributed by atoms with Crippen LogP contribution in [0.2, 0.25) is 0 Å². The van der Waals surface area contributed by atoms with Gasteiger partial charge >= 0.3 is 0 Å². The smallest absolute Gasteiger partial charge is 0.131 e. The molecule has 110 valence electrons. The highest BCUT2D eigenvalue weighted by Gasteiger charge is 2.23. The van der Waals surface area contributed by atoms with Crippen LogP contribution in [0.15, 0.2) is 6.20 Å². The third-order valence-corrected chi connectivity index (χ3v) is 4.30. The highest BCUT2D eigenvalue weighted by molar-refractivity contribution is 5.21. The molecule has 0 radical (unpaired) electrons.